The first-order chi connectivity index (χ1) is 16.7. The standard InChI is InChI=1S/C27H47N5O3/c1-5-12-31-13-11-27(20-28,19-23(31)21-9-7-6-8-10-21)30-24(33)22(18-26(2,3)4)29-25(34)32-14-16-35-17-15-32/h21-23H,5-19H2,1-4H3,(H,29,34)(H,30,33). The molecule has 2 heterocycles. The zero-order valence-electron chi connectivity index (χ0n) is 22.4. The van der Waals surface area contributed by atoms with Crippen molar-refractivity contribution in [2.45, 2.75) is 103 Å². The van der Waals surface area contributed by atoms with Gasteiger partial charge in [-0.2, -0.15) is 5.26 Å². The molecule has 8 nitrogen and oxygen atoms in total. The smallest absolute Gasteiger partial charge is 0.318 e. The third-order valence-corrected chi connectivity index (χ3v) is 7.86. The van der Waals surface area contributed by atoms with E-state index in [0.717, 1.165) is 19.5 Å². The van der Waals surface area contributed by atoms with Crippen molar-refractivity contribution in [3.05, 3.63) is 0 Å². The molecule has 0 aromatic rings. The normalized spacial score (nSPS) is 27.6. The van der Waals surface area contributed by atoms with Crippen molar-refractivity contribution in [2.75, 3.05) is 39.4 Å². The fraction of sp³-hybridized carbons (Fsp3) is 0.889. The molecule has 0 aromatic heterocycles. The van der Waals surface area contributed by atoms with E-state index in [-0.39, 0.29) is 17.4 Å². The van der Waals surface area contributed by atoms with E-state index < -0.39 is 11.6 Å². The highest BCUT2D eigenvalue weighted by Gasteiger charge is 2.45. The van der Waals surface area contributed by atoms with Crippen molar-refractivity contribution in [3.8, 4) is 6.07 Å². The van der Waals surface area contributed by atoms with Gasteiger partial charge >= 0.3 is 6.03 Å². The molecular formula is C27H47N5O3. The number of likely N-dealkylation sites (tertiary alicyclic amines) is 1. The van der Waals surface area contributed by atoms with Crippen molar-refractivity contribution >= 4 is 11.9 Å². The van der Waals surface area contributed by atoms with Gasteiger partial charge in [0.25, 0.3) is 0 Å². The molecule has 0 aromatic carbocycles. The molecule has 3 atom stereocenters. The van der Waals surface area contributed by atoms with E-state index in [2.05, 4.69) is 49.3 Å². The molecule has 3 aliphatic rings. The number of hydrogen-bond acceptors (Lipinski definition) is 5. The predicted octanol–water partition coefficient (Wildman–Crippen LogP) is 3.67. The molecule has 0 spiro atoms. The van der Waals surface area contributed by atoms with Gasteiger partial charge in [-0.05, 0) is 56.4 Å². The highest BCUT2D eigenvalue weighted by molar-refractivity contribution is 5.88. The highest BCUT2D eigenvalue weighted by atomic mass is 16.5. The molecule has 2 aliphatic heterocycles. The fourth-order valence-electron chi connectivity index (χ4n) is 6.03. The van der Waals surface area contributed by atoms with Crippen LogP contribution in [-0.2, 0) is 9.53 Å². The van der Waals surface area contributed by atoms with E-state index in [1.165, 1.54) is 32.1 Å². The molecule has 2 saturated heterocycles. The van der Waals surface area contributed by atoms with Crippen molar-refractivity contribution in [2.24, 2.45) is 11.3 Å². The summed E-state index contributed by atoms with van der Waals surface area (Å²) in [5.41, 5.74) is -1.04. The van der Waals surface area contributed by atoms with E-state index >= 15 is 0 Å². The Morgan fingerprint density at radius 3 is 2.43 bits per heavy atom. The number of urea groups is 1. The van der Waals surface area contributed by atoms with Crippen LogP contribution in [0.3, 0.4) is 0 Å². The van der Waals surface area contributed by atoms with Crippen LogP contribution in [0, 0.1) is 22.7 Å². The van der Waals surface area contributed by atoms with Gasteiger partial charge in [0.2, 0.25) is 5.91 Å². The number of morpholine rings is 1. The fourth-order valence-corrected chi connectivity index (χ4v) is 6.03. The minimum absolute atomic E-state index is 0.158. The van der Waals surface area contributed by atoms with E-state index in [4.69, 9.17) is 4.74 Å². The number of nitrogens with one attached hydrogen (secondary N) is 2. The Morgan fingerprint density at radius 2 is 1.83 bits per heavy atom. The summed E-state index contributed by atoms with van der Waals surface area (Å²) in [6.07, 6.45) is 9.13. The number of carbonyl (C=O) groups excluding carboxylic acids is 2. The van der Waals surface area contributed by atoms with Gasteiger partial charge in [0, 0.05) is 25.7 Å². The second-order valence-corrected chi connectivity index (χ2v) is 12.0. The summed E-state index contributed by atoms with van der Waals surface area (Å²) >= 11 is 0. The van der Waals surface area contributed by atoms with Crippen LogP contribution >= 0.6 is 0 Å². The molecule has 3 rings (SSSR count). The van der Waals surface area contributed by atoms with Crippen molar-refractivity contribution in [3.63, 3.8) is 0 Å². The molecule has 0 radical (unpaired) electrons. The quantitative estimate of drug-likeness (QED) is 0.569. The van der Waals surface area contributed by atoms with Crippen LogP contribution in [0.25, 0.3) is 0 Å². The molecule has 3 fully saturated rings. The van der Waals surface area contributed by atoms with Gasteiger partial charge in [-0.25, -0.2) is 4.79 Å². The van der Waals surface area contributed by atoms with Crippen molar-refractivity contribution in [1.82, 2.24) is 20.4 Å². The summed E-state index contributed by atoms with van der Waals surface area (Å²) < 4.78 is 5.36. The summed E-state index contributed by atoms with van der Waals surface area (Å²) in [4.78, 5) is 30.8. The van der Waals surface area contributed by atoms with Crippen LogP contribution in [0.4, 0.5) is 4.79 Å². The van der Waals surface area contributed by atoms with Gasteiger partial charge in [-0.3, -0.25) is 9.69 Å². The first-order valence-electron chi connectivity index (χ1n) is 13.8. The Bertz CT molecular complexity index is 744. The number of nitriles is 1. The number of carbonyl (C=O) groups is 2. The first-order valence-corrected chi connectivity index (χ1v) is 13.8. The van der Waals surface area contributed by atoms with Crippen LogP contribution in [0.1, 0.15) is 85.5 Å². The zero-order valence-corrected chi connectivity index (χ0v) is 22.4. The first kappa shape index (κ1) is 27.7. The van der Waals surface area contributed by atoms with Crippen molar-refractivity contribution in [1.29, 1.82) is 5.26 Å². The van der Waals surface area contributed by atoms with E-state index in [1.54, 1.807) is 4.90 Å². The van der Waals surface area contributed by atoms with E-state index in [0.29, 0.717) is 57.5 Å². The minimum atomic E-state index is -0.886. The van der Waals surface area contributed by atoms with Crippen LogP contribution in [0.2, 0.25) is 0 Å². The Balaban J connectivity index is 1.74. The lowest BCUT2D eigenvalue weighted by Crippen LogP contribution is -2.63. The van der Waals surface area contributed by atoms with Crippen LogP contribution < -0.4 is 10.6 Å². The minimum Gasteiger partial charge on any atom is -0.378 e. The van der Waals surface area contributed by atoms with E-state index in [9.17, 15) is 14.9 Å². The number of amides is 3. The summed E-state index contributed by atoms with van der Waals surface area (Å²) in [7, 11) is 0. The zero-order chi connectivity index (χ0) is 25.5. The Hall–Kier alpha value is -1.85. The maximum Gasteiger partial charge on any atom is 0.318 e. The topological polar surface area (TPSA) is 97.7 Å². The highest BCUT2D eigenvalue weighted by Crippen LogP contribution is 2.37. The molecule has 2 N–H and O–H groups in total. The maximum absolute atomic E-state index is 13.6. The number of rotatable bonds is 7. The van der Waals surface area contributed by atoms with Gasteiger partial charge < -0.3 is 20.3 Å². The molecule has 8 heteroatoms. The van der Waals surface area contributed by atoms with Gasteiger partial charge in [-0.1, -0.05) is 47.0 Å². The summed E-state index contributed by atoms with van der Waals surface area (Å²) in [5.74, 6) is 0.348. The second kappa shape index (κ2) is 12.4. The van der Waals surface area contributed by atoms with Crippen LogP contribution in [0.15, 0.2) is 0 Å². The van der Waals surface area contributed by atoms with Gasteiger partial charge in [0.1, 0.15) is 11.6 Å². The molecule has 0 bridgehead atoms. The third-order valence-electron chi connectivity index (χ3n) is 7.86. The van der Waals surface area contributed by atoms with Crippen LogP contribution in [0.5, 0.6) is 0 Å². The van der Waals surface area contributed by atoms with E-state index in [1.807, 2.05) is 0 Å². The average Bonchev–Trinajstić information content (AvgIpc) is 2.85. The molecular weight excluding hydrogens is 442 g/mol. The molecule has 35 heavy (non-hydrogen) atoms. The molecule has 1 saturated carbocycles. The third kappa shape index (κ3) is 7.82. The predicted molar refractivity (Wildman–Crippen MR) is 137 cm³/mol. The SMILES string of the molecule is CCCN1CCC(C#N)(NC(=O)C(CC(C)(C)C)NC(=O)N2CCOCC2)CC1C1CCCCC1. The molecule has 1 aliphatic carbocycles. The van der Waals surface area contributed by atoms with Gasteiger partial charge in [0.15, 0.2) is 0 Å². The van der Waals surface area contributed by atoms with Gasteiger partial charge in [0.05, 0.1) is 19.3 Å². The maximum atomic E-state index is 13.6. The van der Waals surface area contributed by atoms with Crippen molar-refractivity contribution < 1.29 is 14.3 Å². The van der Waals surface area contributed by atoms with Crippen LogP contribution in [-0.4, -0.2) is 78.8 Å². The summed E-state index contributed by atoms with van der Waals surface area (Å²) in [5, 5.41) is 16.5. The summed E-state index contributed by atoms with van der Waals surface area (Å²) in [6.45, 7) is 12.3. The summed E-state index contributed by atoms with van der Waals surface area (Å²) in [6, 6.07) is 1.93. The molecule has 198 valence electrons. The average molecular weight is 490 g/mol. The number of ether oxygens (including phenoxy) is 1. The lowest BCUT2D eigenvalue weighted by atomic mass is 9.74. The number of nitrogens with zero attached hydrogens (tertiary/aromatic N) is 3. The lowest BCUT2D eigenvalue weighted by Gasteiger charge is -2.48. The largest absolute Gasteiger partial charge is 0.378 e. The number of piperidine rings is 1. The number of hydrogen-bond donors (Lipinski definition) is 2. The molecule has 3 unspecified atom stereocenters. The Kier molecular flexibility index (Phi) is 9.83. The molecule has 3 amide bonds. The van der Waals surface area contributed by atoms with Gasteiger partial charge in [-0.15, -0.1) is 0 Å². The second-order valence-electron chi connectivity index (χ2n) is 12.0. The Labute approximate surface area is 212 Å². The Morgan fingerprint density at radius 1 is 1.14 bits per heavy atom. The lowest BCUT2D eigenvalue weighted by molar-refractivity contribution is -0.126. The monoisotopic (exact) mass is 489 g/mol.